The molecule has 1 nitrogen and oxygen atoms in total. The molecular formula is C34H26NP. The third-order valence-corrected chi connectivity index (χ3v) is 9.69. The lowest BCUT2D eigenvalue weighted by Gasteiger charge is -2.32. The molecule has 0 aromatic heterocycles. The molecule has 0 bridgehead atoms. The van der Waals surface area contributed by atoms with E-state index in [9.17, 15) is 0 Å². The summed E-state index contributed by atoms with van der Waals surface area (Å²) < 4.78 is 2.72. The summed E-state index contributed by atoms with van der Waals surface area (Å²) in [6.07, 6.45) is 0. The first kappa shape index (κ1) is 21.5. The molecule has 6 aromatic rings. The third kappa shape index (κ3) is 3.64. The first-order chi connectivity index (χ1) is 17.9. The predicted molar refractivity (Wildman–Crippen MR) is 155 cm³/mol. The summed E-state index contributed by atoms with van der Waals surface area (Å²) in [4.78, 5) is 0. The van der Waals surface area contributed by atoms with E-state index in [4.69, 9.17) is 0 Å². The van der Waals surface area contributed by atoms with Crippen LogP contribution in [0.15, 0.2) is 133 Å². The molecule has 0 spiro atoms. The van der Waals surface area contributed by atoms with Gasteiger partial charge in [0.25, 0.3) is 0 Å². The molecule has 0 saturated heterocycles. The average Bonchev–Trinajstić information content (AvgIpc) is 3.11. The normalized spacial score (nSPS) is 13.5. The summed E-state index contributed by atoms with van der Waals surface area (Å²) in [5, 5.41) is 8.08. The number of fused-ring (bicyclic) bond motifs is 7. The van der Waals surface area contributed by atoms with E-state index in [1.165, 1.54) is 54.4 Å². The van der Waals surface area contributed by atoms with Gasteiger partial charge in [-0.05, 0) is 54.4 Å². The number of hydrogen-bond donors (Lipinski definition) is 0. The average molecular weight is 480 g/mol. The molecule has 7 rings (SSSR count). The summed E-state index contributed by atoms with van der Waals surface area (Å²) in [6.45, 7) is 1.83. The lowest BCUT2D eigenvalue weighted by atomic mass is 9.88. The van der Waals surface area contributed by atoms with Crippen molar-refractivity contribution in [3.8, 4) is 11.1 Å². The largest absolute Gasteiger partial charge is 0.266 e. The van der Waals surface area contributed by atoms with Crippen molar-refractivity contribution in [2.24, 2.45) is 0 Å². The number of rotatable bonds is 3. The maximum Gasteiger partial charge on any atom is 0.0288 e. The quantitative estimate of drug-likeness (QED) is 0.232. The minimum Gasteiger partial charge on any atom is -0.266 e. The second-order valence-electron chi connectivity index (χ2n) is 9.45. The monoisotopic (exact) mass is 479 g/mol. The van der Waals surface area contributed by atoms with Crippen molar-refractivity contribution < 1.29 is 0 Å². The molecule has 0 unspecified atom stereocenters. The first-order valence-corrected chi connectivity index (χ1v) is 13.8. The lowest BCUT2D eigenvalue weighted by molar-refractivity contribution is 0.458. The van der Waals surface area contributed by atoms with E-state index in [1.54, 1.807) is 0 Å². The fourth-order valence-corrected chi connectivity index (χ4v) is 8.14. The van der Waals surface area contributed by atoms with Gasteiger partial charge in [-0.2, -0.15) is 0 Å². The molecule has 1 aliphatic rings. The van der Waals surface area contributed by atoms with E-state index in [0.717, 1.165) is 13.1 Å². The molecule has 0 radical (unpaired) electrons. The van der Waals surface area contributed by atoms with Crippen molar-refractivity contribution in [3.63, 3.8) is 0 Å². The van der Waals surface area contributed by atoms with Crippen LogP contribution < -0.4 is 10.6 Å². The molecule has 0 atom stereocenters. The van der Waals surface area contributed by atoms with Gasteiger partial charge in [-0.15, -0.1) is 0 Å². The van der Waals surface area contributed by atoms with Crippen LogP contribution in [0.5, 0.6) is 0 Å². The van der Waals surface area contributed by atoms with E-state index in [2.05, 4.69) is 138 Å². The van der Waals surface area contributed by atoms with Crippen molar-refractivity contribution in [3.05, 3.63) is 145 Å². The van der Waals surface area contributed by atoms with Gasteiger partial charge in [-0.25, -0.2) is 0 Å². The van der Waals surface area contributed by atoms with Crippen molar-refractivity contribution in [2.75, 3.05) is 0 Å². The van der Waals surface area contributed by atoms with Crippen LogP contribution in [0.1, 0.15) is 11.1 Å². The molecule has 36 heavy (non-hydrogen) atoms. The van der Waals surface area contributed by atoms with Gasteiger partial charge >= 0.3 is 0 Å². The maximum absolute atomic E-state index is 2.72. The number of hydrogen-bond acceptors (Lipinski definition) is 1. The standard InChI is InChI=1S/C34H26NP/c1-3-13-29(14-4-1)36(30-15-5-2-6-16-30)35-23-27-21-19-25-11-7-9-17-31(25)33(27)34-28(24-35)22-20-26-12-8-10-18-32(26)34/h1-22H,23-24H2. The minimum absolute atomic E-state index is 0.688. The van der Waals surface area contributed by atoms with Crippen LogP contribution in [-0.2, 0) is 13.1 Å². The van der Waals surface area contributed by atoms with Crippen LogP contribution in [0, 0.1) is 0 Å². The van der Waals surface area contributed by atoms with E-state index < -0.39 is 8.07 Å². The Morgan fingerprint density at radius 1 is 0.417 bits per heavy atom. The molecule has 0 fully saturated rings. The highest BCUT2D eigenvalue weighted by Crippen LogP contribution is 2.48. The van der Waals surface area contributed by atoms with Crippen LogP contribution in [0.2, 0.25) is 0 Å². The lowest BCUT2D eigenvalue weighted by Crippen LogP contribution is -2.27. The zero-order valence-electron chi connectivity index (χ0n) is 20.0. The van der Waals surface area contributed by atoms with E-state index in [-0.39, 0.29) is 0 Å². The van der Waals surface area contributed by atoms with Gasteiger partial charge in [-0.1, -0.05) is 133 Å². The third-order valence-electron chi connectivity index (χ3n) is 7.27. The van der Waals surface area contributed by atoms with Crippen molar-refractivity contribution in [1.82, 2.24) is 4.67 Å². The summed E-state index contributed by atoms with van der Waals surface area (Å²) >= 11 is 0. The molecule has 0 aliphatic carbocycles. The first-order valence-electron chi connectivity index (χ1n) is 12.5. The Morgan fingerprint density at radius 3 is 1.31 bits per heavy atom. The Morgan fingerprint density at radius 2 is 0.833 bits per heavy atom. The molecule has 2 heteroatoms. The van der Waals surface area contributed by atoms with Crippen LogP contribution in [0.3, 0.4) is 0 Å². The SMILES string of the molecule is c1ccc(P(c2ccccc2)N2Cc3ccc4ccccc4c3-c3c(ccc4ccccc34)C2)cc1. The Balaban J connectivity index is 1.51. The Bertz CT molecular complexity index is 1560. The molecule has 0 saturated carbocycles. The second-order valence-corrected chi connectivity index (χ2v) is 11.7. The highest BCUT2D eigenvalue weighted by Gasteiger charge is 2.29. The molecule has 0 N–H and O–H groups in total. The van der Waals surface area contributed by atoms with Crippen LogP contribution in [0.4, 0.5) is 0 Å². The van der Waals surface area contributed by atoms with Gasteiger partial charge in [0.1, 0.15) is 0 Å². The van der Waals surface area contributed by atoms with Gasteiger partial charge in [0.05, 0.1) is 0 Å². The Kier molecular flexibility index (Phi) is 5.39. The Labute approximate surface area is 213 Å². The maximum atomic E-state index is 2.72. The molecule has 6 aromatic carbocycles. The fraction of sp³-hybridized carbons (Fsp3) is 0.0588. The zero-order valence-corrected chi connectivity index (χ0v) is 20.9. The van der Waals surface area contributed by atoms with Gasteiger partial charge in [0.2, 0.25) is 0 Å². The van der Waals surface area contributed by atoms with E-state index in [1.807, 2.05) is 0 Å². The summed E-state index contributed by atoms with van der Waals surface area (Å²) in [5.74, 6) is 0. The molecule has 0 amide bonds. The van der Waals surface area contributed by atoms with E-state index in [0.29, 0.717) is 0 Å². The number of nitrogens with zero attached hydrogens (tertiary/aromatic N) is 1. The van der Waals surface area contributed by atoms with Gasteiger partial charge < -0.3 is 0 Å². The van der Waals surface area contributed by atoms with Gasteiger partial charge in [-0.3, -0.25) is 4.67 Å². The molecule has 172 valence electrons. The fourth-order valence-electron chi connectivity index (χ4n) is 5.69. The van der Waals surface area contributed by atoms with E-state index >= 15 is 0 Å². The Hall–Kier alpha value is -3.77. The van der Waals surface area contributed by atoms with Crippen LogP contribution >= 0.6 is 8.07 Å². The summed E-state index contributed by atoms with van der Waals surface area (Å²) in [5.41, 5.74) is 5.61. The van der Waals surface area contributed by atoms with Crippen molar-refractivity contribution in [2.45, 2.75) is 13.1 Å². The van der Waals surface area contributed by atoms with Crippen molar-refractivity contribution >= 4 is 40.2 Å². The predicted octanol–water partition coefficient (Wildman–Crippen LogP) is 8.02. The molecule has 1 aliphatic heterocycles. The van der Waals surface area contributed by atoms with Crippen LogP contribution in [0.25, 0.3) is 32.7 Å². The minimum atomic E-state index is -0.688. The van der Waals surface area contributed by atoms with Crippen LogP contribution in [-0.4, -0.2) is 4.67 Å². The summed E-state index contributed by atoms with van der Waals surface area (Å²) in [6, 6.07) is 49.2. The zero-order chi connectivity index (χ0) is 23.9. The van der Waals surface area contributed by atoms with Gasteiger partial charge in [0, 0.05) is 21.2 Å². The van der Waals surface area contributed by atoms with Crippen molar-refractivity contribution in [1.29, 1.82) is 0 Å². The number of benzene rings is 6. The van der Waals surface area contributed by atoms with Gasteiger partial charge in [0.15, 0.2) is 0 Å². The molecule has 1 heterocycles. The smallest absolute Gasteiger partial charge is 0.0288 e. The topological polar surface area (TPSA) is 3.24 Å². The molecular weight excluding hydrogens is 453 g/mol. The highest BCUT2D eigenvalue weighted by molar-refractivity contribution is 7.70. The highest BCUT2D eigenvalue weighted by atomic mass is 31.1. The summed E-state index contributed by atoms with van der Waals surface area (Å²) in [7, 11) is -0.688. The second kappa shape index (κ2) is 9.03.